The van der Waals surface area contributed by atoms with Crippen molar-refractivity contribution in [3.8, 4) is 22.6 Å². The minimum Gasteiger partial charge on any atom is -0.550 e. The topological polar surface area (TPSA) is 58.6 Å². The normalized spacial score (nSPS) is 15.0. The maximum absolute atomic E-state index is 10.9. The highest BCUT2D eigenvalue weighted by Crippen LogP contribution is 2.38. The summed E-state index contributed by atoms with van der Waals surface area (Å²) >= 11 is 1.75. The Kier molecular flexibility index (Phi) is 4.89. The van der Waals surface area contributed by atoms with Crippen molar-refractivity contribution in [2.24, 2.45) is 0 Å². The zero-order chi connectivity index (χ0) is 20.5. The standard InChI is InChI=1S/C25H20O4S/c26-25(27)11-18-14-29-23-12-19(8-9-20(18)23)28-13-16-4-3-5-17(10-16)22-15-30-24-7-2-1-6-21(22)24/h1-10,12,15,18H,11,13-14H2,(H,26,27)/p-1. The summed E-state index contributed by atoms with van der Waals surface area (Å²) in [7, 11) is 0. The molecule has 1 aromatic heterocycles. The molecule has 0 radical (unpaired) electrons. The molecule has 4 aromatic rings. The Morgan fingerprint density at radius 1 is 1.10 bits per heavy atom. The van der Waals surface area contributed by atoms with Crippen LogP contribution in [0.5, 0.6) is 11.5 Å². The monoisotopic (exact) mass is 415 g/mol. The van der Waals surface area contributed by atoms with Gasteiger partial charge in [0.05, 0.1) is 6.61 Å². The molecule has 2 heterocycles. The van der Waals surface area contributed by atoms with Gasteiger partial charge in [0.2, 0.25) is 0 Å². The van der Waals surface area contributed by atoms with E-state index in [-0.39, 0.29) is 12.3 Å². The number of aliphatic carboxylic acids is 1. The van der Waals surface area contributed by atoms with E-state index in [1.807, 2.05) is 18.2 Å². The van der Waals surface area contributed by atoms with E-state index in [1.165, 1.54) is 21.2 Å². The highest BCUT2D eigenvalue weighted by Gasteiger charge is 2.24. The Morgan fingerprint density at radius 3 is 2.90 bits per heavy atom. The molecule has 0 N–H and O–H groups in total. The third-order valence-corrected chi connectivity index (χ3v) is 6.37. The molecular formula is C25H19O4S-. The van der Waals surface area contributed by atoms with Gasteiger partial charge in [0.25, 0.3) is 0 Å². The third kappa shape index (κ3) is 3.64. The molecule has 1 aliphatic rings. The van der Waals surface area contributed by atoms with Gasteiger partial charge >= 0.3 is 0 Å². The molecule has 1 atom stereocenters. The zero-order valence-corrected chi connectivity index (χ0v) is 17.0. The molecule has 150 valence electrons. The number of thiophene rings is 1. The summed E-state index contributed by atoms with van der Waals surface area (Å²) < 4.78 is 12.9. The lowest BCUT2D eigenvalue weighted by atomic mass is 9.98. The Morgan fingerprint density at radius 2 is 2.00 bits per heavy atom. The van der Waals surface area contributed by atoms with Gasteiger partial charge in [-0.05, 0) is 41.1 Å². The van der Waals surface area contributed by atoms with E-state index >= 15 is 0 Å². The Labute approximate surface area is 178 Å². The number of hydrogen-bond donors (Lipinski definition) is 0. The van der Waals surface area contributed by atoms with Crippen LogP contribution < -0.4 is 14.6 Å². The van der Waals surface area contributed by atoms with Crippen LogP contribution in [0, 0.1) is 0 Å². The number of rotatable bonds is 6. The van der Waals surface area contributed by atoms with Crippen LogP contribution in [-0.4, -0.2) is 12.6 Å². The summed E-state index contributed by atoms with van der Waals surface area (Å²) in [5.74, 6) is 0.178. The summed E-state index contributed by atoms with van der Waals surface area (Å²) in [6.07, 6.45) is -0.0305. The summed E-state index contributed by atoms with van der Waals surface area (Å²) in [5, 5.41) is 14.4. The Hall–Kier alpha value is -3.31. The van der Waals surface area contributed by atoms with Gasteiger partial charge in [-0.2, -0.15) is 0 Å². The number of fused-ring (bicyclic) bond motifs is 2. The quantitative estimate of drug-likeness (QED) is 0.455. The molecule has 0 saturated carbocycles. The molecule has 0 fully saturated rings. The summed E-state index contributed by atoms with van der Waals surface area (Å²) in [6, 6.07) is 22.4. The highest BCUT2D eigenvalue weighted by molar-refractivity contribution is 7.17. The van der Waals surface area contributed by atoms with Crippen molar-refractivity contribution in [2.75, 3.05) is 6.61 Å². The Balaban J connectivity index is 1.32. The second-order valence-corrected chi connectivity index (χ2v) is 8.33. The maximum atomic E-state index is 10.9. The van der Waals surface area contributed by atoms with Crippen LogP contribution in [-0.2, 0) is 11.4 Å². The first-order valence-corrected chi connectivity index (χ1v) is 10.7. The fourth-order valence-corrected chi connectivity index (χ4v) is 4.88. The molecule has 0 spiro atoms. The molecule has 0 bridgehead atoms. The Bertz CT molecular complexity index is 1230. The van der Waals surface area contributed by atoms with Crippen LogP contribution in [0.1, 0.15) is 23.5 Å². The molecular weight excluding hydrogens is 396 g/mol. The number of carboxylic acid groups (broad SMARTS) is 1. The van der Waals surface area contributed by atoms with Crippen LogP contribution in [0.4, 0.5) is 0 Å². The number of carbonyl (C=O) groups excluding carboxylic acids is 1. The van der Waals surface area contributed by atoms with Crippen molar-refractivity contribution in [2.45, 2.75) is 18.9 Å². The second-order valence-electron chi connectivity index (χ2n) is 7.42. The number of benzene rings is 3. The van der Waals surface area contributed by atoms with Crippen LogP contribution in [0.25, 0.3) is 21.2 Å². The minimum atomic E-state index is -1.06. The fraction of sp³-hybridized carbons (Fsp3) is 0.160. The van der Waals surface area contributed by atoms with Crippen LogP contribution in [0.3, 0.4) is 0 Å². The smallest absolute Gasteiger partial charge is 0.126 e. The van der Waals surface area contributed by atoms with Gasteiger partial charge in [0.15, 0.2) is 0 Å². The summed E-state index contributed by atoms with van der Waals surface area (Å²) in [5.41, 5.74) is 4.40. The van der Waals surface area contributed by atoms with Crippen molar-refractivity contribution in [1.29, 1.82) is 0 Å². The average molecular weight is 415 g/mol. The van der Waals surface area contributed by atoms with Crippen LogP contribution in [0.2, 0.25) is 0 Å². The third-order valence-electron chi connectivity index (χ3n) is 5.40. The summed E-state index contributed by atoms with van der Waals surface area (Å²) in [6.45, 7) is 0.806. The molecule has 5 heteroatoms. The first kappa shape index (κ1) is 18.7. The molecule has 3 aromatic carbocycles. The first-order chi connectivity index (χ1) is 14.7. The number of carbonyl (C=O) groups is 1. The minimum absolute atomic E-state index is 0.0305. The molecule has 1 aliphatic heterocycles. The van der Waals surface area contributed by atoms with Gasteiger partial charge in [-0.1, -0.05) is 42.5 Å². The van der Waals surface area contributed by atoms with Gasteiger partial charge in [0, 0.05) is 39.2 Å². The number of ether oxygens (including phenoxy) is 2. The van der Waals surface area contributed by atoms with E-state index in [4.69, 9.17) is 9.47 Å². The fourth-order valence-electron chi connectivity index (χ4n) is 3.91. The van der Waals surface area contributed by atoms with Crippen molar-refractivity contribution in [3.63, 3.8) is 0 Å². The highest BCUT2D eigenvalue weighted by atomic mass is 32.1. The second kappa shape index (κ2) is 7.84. The van der Waals surface area contributed by atoms with E-state index in [0.717, 1.165) is 11.1 Å². The lowest BCUT2D eigenvalue weighted by molar-refractivity contribution is -0.306. The summed E-state index contributed by atoms with van der Waals surface area (Å²) in [4.78, 5) is 10.9. The van der Waals surface area contributed by atoms with Gasteiger partial charge in [0.1, 0.15) is 18.1 Å². The lowest BCUT2D eigenvalue weighted by Gasteiger charge is -2.11. The van der Waals surface area contributed by atoms with E-state index in [1.54, 1.807) is 11.3 Å². The van der Waals surface area contributed by atoms with Gasteiger partial charge < -0.3 is 19.4 Å². The molecule has 0 aliphatic carbocycles. The van der Waals surface area contributed by atoms with Crippen molar-refractivity contribution in [3.05, 3.63) is 83.2 Å². The molecule has 30 heavy (non-hydrogen) atoms. The zero-order valence-electron chi connectivity index (χ0n) is 16.2. The van der Waals surface area contributed by atoms with E-state index < -0.39 is 5.97 Å². The first-order valence-electron chi connectivity index (χ1n) is 9.82. The van der Waals surface area contributed by atoms with Gasteiger partial charge in [-0.15, -0.1) is 11.3 Å². The van der Waals surface area contributed by atoms with E-state index in [0.29, 0.717) is 24.7 Å². The van der Waals surface area contributed by atoms with Gasteiger partial charge in [-0.3, -0.25) is 0 Å². The SMILES string of the molecule is O=C([O-])CC1COc2cc(OCc3cccc(-c4csc5ccccc45)c3)ccc21. The molecule has 0 saturated heterocycles. The predicted molar refractivity (Wildman–Crippen MR) is 116 cm³/mol. The number of hydrogen-bond acceptors (Lipinski definition) is 5. The molecule has 5 rings (SSSR count). The van der Waals surface area contributed by atoms with Crippen molar-refractivity contribution in [1.82, 2.24) is 0 Å². The van der Waals surface area contributed by atoms with Crippen LogP contribution >= 0.6 is 11.3 Å². The maximum Gasteiger partial charge on any atom is 0.126 e. The van der Waals surface area contributed by atoms with Crippen molar-refractivity contribution >= 4 is 27.4 Å². The molecule has 0 amide bonds. The molecule has 4 nitrogen and oxygen atoms in total. The van der Waals surface area contributed by atoms with E-state index in [2.05, 4.69) is 53.9 Å². The van der Waals surface area contributed by atoms with Crippen molar-refractivity contribution < 1.29 is 19.4 Å². The van der Waals surface area contributed by atoms with E-state index in [9.17, 15) is 9.90 Å². The predicted octanol–water partition coefficient (Wildman–Crippen LogP) is 4.76. The average Bonchev–Trinajstić information content (AvgIpc) is 3.36. The van der Waals surface area contributed by atoms with Crippen LogP contribution in [0.15, 0.2) is 72.1 Å². The molecule has 1 unspecified atom stereocenters. The number of carboxylic acids is 1. The van der Waals surface area contributed by atoms with Gasteiger partial charge in [-0.25, -0.2) is 0 Å². The lowest BCUT2D eigenvalue weighted by Crippen LogP contribution is -2.24. The largest absolute Gasteiger partial charge is 0.550 e.